The number of benzene rings is 2. The molecule has 0 atom stereocenters. The first-order chi connectivity index (χ1) is 14.1. The van der Waals surface area contributed by atoms with Gasteiger partial charge in [-0.15, -0.1) is 5.10 Å². The van der Waals surface area contributed by atoms with Crippen LogP contribution < -0.4 is 24.3 Å². The fraction of sp³-hybridized carbons (Fsp3) is 0.190. The van der Waals surface area contributed by atoms with Crippen LogP contribution in [0.1, 0.15) is 12.5 Å². The van der Waals surface area contributed by atoms with Crippen molar-refractivity contribution in [3.05, 3.63) is 62.9 Å². The minimum Gasteiger partial charge on any atom is -0.497 e. The van der Waals surface area contributed by atoms with Gasteiger partial charge in [0.25, 0.3) is 5.56 Å². The van der Waals surface area contributed by atoms with Crippen LogP contribution in [0.2, 0.25) is 0 Å². The van der Waals surface area contributed by atoms with Crippen molar-refractivity contribution in [2.75, 3.05) is 20.8 Å². The van der Waals surface area contributed by atoms with Gasteiger partial charge in [0.05, 0.1) is 25.4 Å². The topological polar surface area (TPSA) is 75.0 Å². The predicted octanol–water partition coefficient (Wildman–Crippen LogP) is 2.78. The highest BCUT2D eigenvalue weighted by molar-refractivity contribution is 7.15. The Balaban J connectivity index is 1.71. The van der Waals surface area contributed by atoms with Crippen LogP contribution >= 0.6 is 11.3 Å². The standard InChI is InChI=1S/C21H19N3O4S/c1-4-28-16-10-5-13(11-17(16)27-3)12-18-20(25)24-21(29-18)22-19(23-24)14-6-8-15(26-2)9-7-14/h5-12H,4H2,1-3H3. The number of fused-ring (bicyclic) bond motifs is 1. The molecular formula is C21H19N3O4S. The number of hydrogen-bond acceptors (Lipinski definition) is 7. The molecule has 0 aliphatic carbocycles. The summed E-state index contributed by atoms with van der Waals surface area (Å²) in [6, 6.07) is 12.9. The van der Waals surface area contributed by atoms with Gasteiger partial charge >= 0.3 is 0 Å². The number of nitrogens with zero attached hydrogens (tertiary/aromatic N) is 3. The molecule has 4 aromatic rings. The summed E-state index contributed by atoms with van der Waals surface area (Å²) in [6.07, 6.45) is 1.80. The molecule has 0 amide bonds. The largest absolute Gasteiger partial charge is 0.497 e. The Bertz CT molecular complexity index is 1260. The average molecular weight is 409 g/mol. The lowest BCUT2D eigenvalue weighted by Gasteiger charge is -2.09. The van der Waals surface area contributed by atoms with Crippen LogP contribution in [0.25, 0.3) is 22.4 Å². The summed E-state index contributed by atoms with van der Waals surface area (Å²) in [5, 5.41) is 4.37. The molecule has 0 saturated heterocycles. The molecule has 2 aromatic carbocycles. The van der Waals surface area contributed by atoms with Crippen molar-refractivity contribution in [2.45, 2.75) is 6.92 Å². The Morgan fingerprint density at radius 3 is 2.52 bits per heavy atom. The summed E-state index contributed by atoms with van der Waals surface area (Å²) in [5.41, 5.74) is 1.45. The SMILES string of the molecule is CCOc1ccc(C=c2sc3nc(-c4ccc(OC)cc4)nn3c2=O)cc1OC. The highest BCUT2D eigenvalue weighted by Crippen LogP contribution is 2.28. The first-order valence-corrected chi connectivity index (χ1v) is 9.81. The molecule has 0 radical (unpaired) electrons. The maximum atomic E-state index is 12.8. The van der Waals surface area contributed by atoms with E-state index in [-0.39, 0.29) is 5.56 Å². The van der Waals surface area contributed by atoms with Crippen molar-refractivity contribution in [2.24, 2.45) is 0 Å². The Morgan fingerprint density at radius 2 is 1.86 bits per heavy atom. The lowest BCUT2D eigenvalue weighted by atomic mass is 10.2. The second-order valence-corrected chi connectivity index (χ2v) is 7.13. The van der Waals surface area contributed by atoms with E-state index in [0.717, 1.165) is 16.9 Å². The van der Waals surface area contributed by atoms with Gasteiger partial charge in [-0.05, 0) is 55.0 Å². The molecule has 0 bridgehead atoms. The van der Waals surface area contributed by atoms with Gasteiger partial charge in [0.15, 0.2) is 17.3 Å². The van der Waals surface area contributed by atoms with Crippen LogP contribution in [-0.2, 0) is 0 Å². The zero-order valence-corrected chi connectivity index (χ0v) is 17.0. The Kier molecular flexibility index (Phi) is 5.18. The monoisotopic (exact) mass is 409 g/mol. The molecule has 2 aromatic heterocycles. The first kappa shape index (κ1) is 18.9. The molecule has 0 fully saturated rings. The van der Waals surface area contributed by atoms with Gasteiger partial charge in [0, 0.05) is 5.56 Å². The minimum atomic E-state index is -0.204. The molecule has 0 spiro atoms. The summed E-state index contributed by atoms with van der Waals surface area (Å²) in [4.78, 5) is 17.8. The number of aromatic nitrogens is 3. The molecule has 0 saturated carbocycles. The van der Waals surface area contributed by atoms with Crippen LogP contribution in [0.5, 0.6) is 17.2 Å². The zero-order chi connectivity index (χ0) is 20.4. The van der Waals surface area contributed by atoms with Crippen LogP contribution in [0, 0.1) is 0 Å². The third kappa shape index (κ3) is 3.66. The minimum absolute atomic E-state index is 0.204. The van der Waals surface area contributed by atoms with E-state index in [0.29, 0.717) is 33.4 Å². The number of methoxy groups -OCH3 is 2. The highest BCUT2D eigenvalue weighted by Gasteiger charge is 2.12. The fourth-order valence-electron chi connectivity index (χ4n) is 2.90. The molecule has 2 heterocycles. The van der Waals surface area contributed by atoms with E-state index in [1.165, 1.54) is 15.9 Å². The maximum Gasteiger partial charge on any atom is 0.291 e. The van der Waals surface area contributed by atoms with Gasteiger partial charge < -0.3 is 14.2 Å². The molecule has 148 valence electrons. The molecule has 0 aliphatic rings. The average Bonchev–Trinajstić information content (AvgIpc) is 3.29. The summed E-state index contributed by atoms with van der Waals surface area (Å²) < 4.78 is 18.0. The first-order valence-electron chi connectivity index (χ1n) is 8.99. The summed E-state index contributed by atoms with van der Waals surface area (Å²) in [6.45, 7) is 2.46. The van der Waals surface area contributed by atoms with Crippen LogP contribution in [0.15, 0.2) is 47.3 Å². The van der Waals surface area contributed by atoms with E-state index in [1.807, 2.05) is 49.4 Å². The molecule has 4 rings (SSSR count). The highest BCUT2D eigenvalue weighted by atomic mass is 32.1. The Hall–Kier alpha value is -3.39. The van der Waals surface area contributed by atoms with E-state index in [2.05, 4.69) is 10.1 Å². The normalized spacial score (nSPS) is 11.8. The lowest BCUT2D eigenvalue weighted by molar-refractivity contribution is 0.311. The summed E-state index contributed by atoms with van der Waals surface area (Å²) in [7, 11) is 3.20. The van der Waals surface area contributed by atoms with Crippen LogP contribution in [0.4, 0.5) is 0 Å². The van der Waals surface area contributed by atoms with Crippen molar-refractivity contribution in [3.63, 3.8) is 0 Å². The predicted molar refractivity (Wildman–Crippen MR) is 112 cm³/mol. The Labute approximate surface area is 170 Å². The third-order valence-corrected chi connectivity index (χ3v) is 5.27. The van der Waals surface area contributed by atoms with Gasteiger partial charge in [-0.2, -0.15) is 9.50 Å². The molecule has 8 heteroatoms. The summed E-state index contributed by atoms with van der Waals surface area (Å²) >= 11 is 1.29. The van der Waals surface area contributed by atoms with Crippen molar-refractivity contribution in [3.8, 4) is 28.6 Å². The molecule has 7 nitrogen and oxygen atoms in total. The number of ether oxygens (including phenoxy) is 3. The second kappa shape index (κ2) is 7.92. The fourth-order valence-corrected chi connectivity index (χ4v) is 3.80. The van der Waals surface area contributed by atoms with Crippen molar-refractivity contribution >= 4 is 22.4 Å². The van der Waals surface area contributed by atoms with Crippen LogP contribution in [-0.4, -0.2) is 35.4 Å². The van der Waals surface area contributed by atoms with E-state index >= 15 is 0 Å². The Morgan fingerprint density at radius 1 is 1.07 bits per heavy atom. The molecule has 0 aliphatic heterocycles. The molecule has 0 unspecified atom stereocenters. The number of thiazole rings is 1. The van der Waals surface area contributed by atoms with E-state index in [9.17, 15) is 4.79 Å². The smallest absolute Gasteiger partial charge is 0.291 e. The molecule has 29 heavy (non-hydrogen) atoms. The van der Waals surface area contributed by atoms with E-state index in [4.69, 9.17) is 14.2 Å². The molecule has 0 N–H and O–H groups in total. The second-order valence-electron chi connectivity index (χ2n) is 6.12. The summed E-state index contributed by atoms with van der Waals surface area (Å²) in [5.74, 6) is 2.54. The van der Waals surface area contributed by atoms with E-state index < -0.39 is 0 Å². The third-order valence-electron chi connectivity index (χ3n) is 4.32. The van der Waals surface area contributed by atoms with Crippen LogP contribution in [0.3, 0.4) is 0 Å². The number of rotatable bonds is 6. The lowest BCUT2D eigenvalue weighted by Crippen LogP contribution is -2.23. The van der Waals surface area contributed by atoms with Gasteiger partial charge in [-0.1, -0.05) is 17.4 Å². The van der Waals surface area contributed by atoms with Gasteiger partial charge in [0.2, 0.25) is 4.96 Å². The number of hydrogen-bond donors (Lipinski definition) is 0. The van der Waals surface area contributed by atoms with Crippen molar-refractivity contribution in [1.82, 2.24) is 14.6 Å². The molecular weight excluding hydrogens is 390 g/mol. The van der Waals surface area contributed by atoms with Gasteiger partial charge in [-0.3, -0.25) is 4.79 Å². The van der Waals surface area contributed by atoms with Crippen molar-refractivity contribution in [1.29, 1.82) is 0 Å². The van der Waals surface area contributed by atoms with Gasteiger partial charge in [0.1, 0.15) is 5.75 Å². The maximum absolute atomic E-state index is 12.8. The van der Waals surface area contributed by atoms with E-state index in [1.54, 1.807) is 20.3 Å². The zero-order valence-electron chi connectivity index (χ0n) is 16.2. The van der Waals surface area contributed by atoms with Crippen molar-refractivity contribution < 1.29 is 14.2 Å². The quantitative estimate of drug-likeness (QED) is 0.488. The van der Waals surface area contributed by atoms with Gasteiger partial charge in [-0.25, -0.2) is 0 Å².